The van der Waals surface area contributed by atoms with Crippen molar-refractivity contribution in [1.29, 1.82) is 5.26 Å². The van der Waals surface area contributed by atoms with E-state index in [1.165, 1.54) is 0 Å². The van der Waals surface area contributed by atoms with E-state index in [4.69, 9.17) is 36.7 Å². The van der Waals surface area contributed by atoms with E-state index < -0.39 is 34.4 Å². The molecular formula is CH3F3LiNO7S3. The third-order valence-corrected chi connectivity index (χ3v) is 0. The van der Waals surface area contributed by atoms with E-state index in [2.05, 4.69) is 0 Å². The SMILES string of the molecule is N#C[O-].O=S(O)F.O=S(O)F.O=S(O)F.[Li+]. The molecule has 3 atom stereocenters. The van der Waals surface area contributed by atoms with Crippen LogP contribution in [0.3, 0.4) is 0 Å². The van der Waals surface area contributed by atoms with Gasteiger partial charge in [-0.3, -0.25) is 13.7 Å². The maximum Gasteiger partial charge on any atom is 1.00 e. The van der Waals surface area contributed by atoms with Crippen molar-refractivity contribution in [1.82, 2.24) is 0 Å². The van der Waals surface area contributed by atoms with Gasteiger partial charge in [-0.2, -0.15) is 12.6 Å². The van der Waals surface area contributed by atoms with E-state index in [0.717, 1.165) is 0 Å². The summed E-state index contributed by atoms with van der Waals surface area (Å²) in [4.78, 5) is 0. The molecule has 0 aliphatic rings. The van der Waals surface area contributed by atoms with Crippen LogP contribution in [0.15, 0.2) is 0 Å². The maximum atomic E-state index is 10.0. The summed E-state index contributed by atoms with van der Waals surface area (Å²) in [6, 6.07) is 0. The van der Waals surface area contributed by atoms with Gasteiger partial charge in [-0.1, -0.05) is 0 Å². The van der Waals surface area contributed by atoms with E-state index in [1.54, 1.807) is 0 Å². The van der Waals surface area contributed by atoms with E-state index in [-0.39, 0.29) is 18.9 Å². The summed E-state index contributed by atoms with van der Waals surface area (Å²) in [6.07, 6.45) is 0.500. The first-order chi connectivity index (χ1) is 6.61. The largest absolute Gasteiger partial charge is 1.00 e. The van der Waals surface area contributed by atoms with Crippen molar-refractivity contribution < 1.29 is 61.9 Å². The van der Waals surface area contributed by atoms with Crippen LogP contribution in [0.25, 0.3) is 0 Å². The fourth-order valence-corrected chi connectivity index (χ4v) is 0. The van der Waals surface area contributed by atoms with E-state index in [1.807, 2.05) is 0 Å². The van der Waals surface area contributed by atoms with Crippen LogP contribution in [-0.4, -0.2) is 26.3 Å². The van der Waals surface area contributed by atoms with Gasteiger partial charge in [0.2, 0.25) is 0 Å². The van der Waals surface area contributed by atoms with Gasteiger partial charge in [-0.25, -0.2) is 5.26 Å². The van der Waals surface area contributed by atoms with Crippen LogP contribution < -0.4 is 24.0 Å². The summed E-state index contributed by atoms with van der Waals surface area (Å²) in [5.74, 6) is 0. The van der Waals surface area contributed by atoms with Gasteiger partial charge < -0.3 is 5.11 Å². The average Bonchev–Trinajstić information content (AvgIpc) is 1.81. The van der Waals surface area contributed by atoms with Gasteiger partial charge in [0.1, 0.15) is 0 Å². The van der Waals surface area contributed by atoms with Crippen LogP contribution in [-0.2, 0) is 34.4 Å². The van der Waals surface area contributed by atoms with Gasteiger partial charge in [0.05, 0.1) is 0 Å². The van der Waals surface area contributed by atoms with Gasteiger partial charge >= 0.3 is 53.3 Å². The van der Waals surface area contributed by atoms with Gasteiger partial charge in [-0.05, 0) is 0 Å². The van der Waals surface area contributed by atoms with Gasteiger partial charge in [0, 0.05) is 6.26 Å². The molecule has 15 heteroatoms. The Balaban J connectivity index is -0.0000000331. The zero-order valence-corrected chi connectivity index (χ0v) is 9.73. The van der Waals surface area contributed by atoms with Crippen LogP contribution in [0.1, 0.15) is 0 Å². The molecule has 16 heavy (non-hydrogen) atoms. The second-order valence-electron chi connectivity index (χ2n) is 0.711. The predicted octanol–water partition coefficient (Wildman–Crippen LogP) is -3.89. The van der Waals surface area contributed by atoms with E-state index >= 15 is 0 Å². The summed E-state index contributed by atoms with van der Waals surface area (Å²) >= 11 is -9.33. The Kier molecular flexibility index (Phi) is 54.7. The summed E-state index contributed by atoms with van der Waals surface area (Å²) in [5.41, 5.74) is 0. The monoisotopic (exact) mass is 301 g/mol. The minimum atomic E-state index is -3.11. The second kappa shape index (κ2) is 29.4. The molecule has 0 aromatic heterocycles. The topological polar surface area (TPSA) is 159 Å². The Morgan fingerprint density at radius 3 is 0.938 bits per heavy atom. The van der Waals surface area contributed by atoms with Crippen molar-refractivity contribution in [3.63, 3.8) is 0 Å². The number of hydrogen-bond donors (Lipinski definition) is 3. The van der Waals surface area contributed by atoms with E-state index in [9.17, 15) is 11.7 Å². The smallest absolute Gasteiger partial charge is 0.812 e. The van der Waals surface area contributed by atoms with Crippen molar-refractivity contribution in [3.05, 3.63) is 0 Å². The number of rotatable bonds is 0. The first kappa shape index (κ1) is 29.8. The van der Waals surface area contributed by atoms with Crippen molar-refractivity contribution in [2.24, 2.45) is 0 Å². The molecule has 0 fully saturated rings. The first-order valence-electron chi connectivity index (χ1n) is 1.94. The summed E-state index contributed by atoms with van der Waals surface area (Å²) in [7, 11) is 0. The van der Waals surface area contributed by atoms with Crippen LogP contribution in [0, 0.1) is 11.5 Å². The Bertz CT molecular complexity index is 193. The normalized spacial score (nSPS) is 12.1. The maximum absolute atomic E-state index is 10.0. The fraction of sp³-hybridized carbons (Fsp3) is 0. The standard InChI is InChI=1S/CHNO.3FHO2S.Li/c2-1-3;3*1-4(2)3;/h3H;3*(H,2,3);/q;;;;+1/p-1. The Hall–Kier alpha value is 0.00740. The fourth-order valence-electron chi connectivity index (χ4n) is 0. The molecule has 0 spiro atoms. The minimum absolute atomic E-state index is 0. The second-order valence-corrected chi connectivity index (χ2v) is 1.95. The molecule has 0 saturated heterocycles. The molecule has 0 bridgehead atoms. The number of hydrogen-bond acceptors (Lipinski definition) is 5. The Morgan fingerprint density at radius 2 is 0.938 bits per heavy atom. The number of nitrogens with zero attached hydrogens (tertiary/aromatic N) is 1. The summed E-state index contributed by atoms with van der Waals surface area (Å²) in [5, 5.41) is 15.0. The van der Waals surface area contributed by atoms with Crippen LogP contribution in [0.2, 0.25) is 0 Å². The van der Waals surface area contributed by atoms with Crippen LogP contribution in [0.5, 0.6) is 0 Å². The van der Waals surface area contributed by atoms with Gasteiger partial charge in [-0.15, -0.1) is 11.7 Å². The predicted molar refractivity (Wildman–Crippen MR) is 41.3 cm³/mol. The third-order valence-electron chi connectivity index (χ3n) is 0. The summed E-state index contributed by atoms with van der Waals surface area (Å²) in [6.45, 7) is 0. The molecule has 0 aromatic carbocycles. The molecule has 0 amide bonds. The molecule has 8 nitrogen and oxygen atoms in total. The molecule has 3 unspecified atom stereocenters. The number of halogens is 3. The van der Waals surface area contributed by atoms with E-state index in [0.29, 0.717) is 6.26 Å². The van der Waals surface area contributed by atoms with Gasteiger partial charge in [0.15, 0.2) is 0 Å². The quantitative estimate of drug-likeness (QED) is 0.177. The molecule has 0 saturated carbocycles. The molecule has 0 heterocycles. The zero-order valence-electron chi connectivity index (χ0n) is 7.28. The third kappa shape index (κ3) is 43200000. The first-order valence-corrected chi connectivity index (χ1v) is 4.96. The zero-order chi connectivity index (χ0) is 13.4. The van der Waals surface area contributed by atoms with Crippen molar-refractivity contribution in [2.45, 2.75) is 0 Å². The van der Waals surface area contributed by atoms with Crippen molar-refractivity contribution >= 4 is 34.4 Å². The Labute approximate surface area is 108 Å². The van der Waals surface area contributed by atoms with Gasteiger partial charge in [0.25, 0.3) is 0 Å². The molecular weight excluding hydrogens is 298 g/mol. The average molecular weight is 301 g/mol. The Morgan fingerprint density at radius 1 is 0.938 bits per heavy atom. The summed E-state index contributed by atoms with van der Waals surface area (Å²) < 4.78 is 76.0. The van der Waals surface area contributed by atoms with Crippen LogP contribution >= 0.6 is 0 Å². The molecule has 94 valence electrons. The molecule has 3 N–H and O–H groups in total. The van der Waals surface area contributed by atoms with Crippen LogP contribution in [0.4, 0.5) is 11.7 Å². The minimum Gasteiger partial charge on any atom is -0.812 e. The van der Waals surface area contributed by atoms with Crippen molar-refractivity contribution in [2.75, 3.05) is 0 Å². The molecule has 0 radical (unpaired) electrons. The molecule has 0 rings (SSSR count). The molecule has 0 aromatic rings. The molecule has 0 aliphatic carbocycles. The van der Waals surface area contributed by atoms with Crippen molar-refractivity contribution in [3.8, 4) is 6.26 Å². The number of nitriles is 1. The molecule has 0 aliphatic heterocycles.